The van der Waals surface area contributed by atoms with Crippen LogP contribution in [0, 0.1) is 11.3 Å². The Kier molecular flexibility index (Phi) is 5.59. The van der Waals surface area contributed by atoms with Crippen LogP contribution in [0.25, 0.3) is 0 Å². The molecule has 6 nitrogen and oxygen atoms in total. The van der Waals surface area contributed by atoms with Crippen molar-refractivity contribution in [3.63, 3.8) is 0 Å². The van der Waals surface area contributed by atoms with Crippen molar-refractivity contribution < 1.29 is 9.59 Å². The fourth-order valence-corrected chi connectivity index (χ4v) is 4.08. The summed E-state index contributed by atoms with van der Waals surface area (Å²) in [7, 11) is 0. The number of anilines is 1. The third-order valence-electron chi connectivity index (χ3n) is 5.73. The van der Waals surface area contributed by atoms with Crippen LogP contribution in [0.5, 0.6) is 0 Å². The third kappa shape index (κ3) is 4.30. The molecule has 4 rings (SSSR count). The van der Waals surface area contributed by atoms with E-state index in [1.54, 1.807) is 0 Å². The lowest BCUT2D eigenvalue weighted by molar-refractivity contribution is -0.116. The molecule has 0 spiro atoms. The van der Waals surface area contributed by atoms with Gasteiger partial charge in [0.05, 0.1) is 11.3 Å². The molecule has 2 aromatic carbocycles. The Morgan fingerprint density at radius 1 is 1.14 bits per heavy atom. The van der Waals surface area contributed by atoms with Crippen molar-refractivity contribution in [3.05, 3.63) is 64.7 Å². The van der Waals surface area contributed by atoms with Gasteiger partial charge in [-0.15, -0.1) is 0 Å². The van der Waals surface area contributed by atoms with Crippen molar-refractivity contribution >= 4 is 17.5 Å². The molecule has 2 N–H and O–H groups in total. The Bertz CT molecular complexity index is 957. The number of rotatable bonds is 4. The largest absolute Gasteiger partial charge is 0.349 e. The Balaban J connectivity index is 1.37. The number of amides is 2. The van der Waals surface area contributed by atoms with Crippen LogP contribution in [0.3, 0.4) is 0 Å². The van der Waals surface area contributed by atoms with Gasteiger partial charge in [-0.1, -0.05) is 30.3 Å². The number of aryl methyl sites for hydroxylation is 1. The average molecular weight is 388 g/mol. The van der Waals surface area contributed by atoms with E-state index in [0.29, 0.717) is 36.2 Å². The van der Waals surface area contributed by atoms with Crippen LogP contribution in [0.1, 0.15) is 46.3 Å². The number of fused-ring (bicyclic) bond motifs is 1. The molecule has 0 aromatic heterocycles. The first-order valence-corrected chi connectivity index (χ1v) is 10.1. The van der Waals surface area contributed by atoms with E-state index >= 15 is 0 Å². The first kappa shape index (κ1) is 19.2. The molecule has 0 aliphatic carbocycles. The molecule has 0 radical (unpaired) electrons. The molecule has 0 saturated carbocycles. The first-order valence-electron chi connectivity index (χ1n) is 10.1. The SMILES string of the molecule is N#Cc1c(CN2CCC(NC(=O)c3ccccc3)CC2)ccc2c1NC(=O)CC2. The topological polar surface area (TPSA) is 85.2 Å². The van der Waals surface area contributed by atoms with Gasteiger partial charge in [0.1, 0.15) is 6.07 Å². The van der Waals surface area contributed by atoms with Crippen LogP contribution in [-0.2, 0) is 17.8 Å². The molecule has 6 heteroatoms. The molecule has 2 heterocycles. The fraction of sp³-hybridized carbons (Fsp3) is 0.348. The van der Waals surface area contributed by atoms with Crippen LogP contribution in [0.15, 0.2) is 42.5 Å². The van der Waals surface area contributed by atoms with E-state index in [1.165, 1.54) is 0 Å². The van der Waals surface area contributed by atoms with E-state index in [-0.39, 0.29) is 17.9 Å². The van der Waals surface area contributed by atoms with Crippen LogP contribution in [-0.4, -0.2) is 35.8 Å². The number of carbonyl (C=O) groups is 2. The highest BCUT2D eigenvalue weighted by Gasteiger charge is 2.24. The summed E-state index contributed by atoms with van der Waals surface area (Å²) in [5.74, 6) is -0.0534. The number of hydrogen-bond acceptors (Lipinski definition) is 4. The van der Waals surface area contributed by atoms with Gasteiger partial charge in [0.2, 0.25) is 5.91 Å². The number of carbonyl (C=O) groups excluding carboxylic acids is 2. The molecule has 2 amide bonds. The van der Waals surface area contributed by atoms with Crippen molar-refractivity contribution in [1.82, 2.24) is 10.2 Å². The summed E-state index contributed by atoms with van der Waals surface area (Å²) in [4.78, 5) is 26.4. The van der Waals surface area contributed by atoms with Gasteiger partial charge in [-0.3, -0.25) is 14.5 Å². The quantitative estimate of drug-likeness (QED) is 0.843. The van der Waals surface area contributed by atoms with Gasteiger partial charge in [-0.05, 0) is 42.5 Å². The third-order valence-corrected chi connectivity index (χ3v) is 5.73. The second-order valence-electron chi connectivity index (χ2n) is 7.68. The van der Waals surface area contributed by atoms with Gasteiger partial charge in [-0.2, -0.15) is 5.26 Å². The lowest BCUT2D eigenvalue weighted by atomic mass is 9.95. The zero-order valence-corrected chi connectivity index (χ0v) is 16.3. The second-order valence-corrected chi connectivity index (χ2v) is 7.68. The maximum Gasteiger partial charge on any atom is 0.251 e. The molecule has 2 aliphatic heterocycles. The monoisotopic (exact) mass is 388 g/mol. The van der Waals surface area contributed by atoms with E-state index in [4.69, 9.17) is 0 Å². The predicted molar refractivity (Wildman–Crippen MR) is 110 cm³/mol. The summed E-state index contributed by atoms with van der Waals surface area (Å²) in [5, 5.41) is 15.7. The highest BCUT2D eigenvalue weighted by molar-refractivity contribution is 5.96. The molecular formula is C23H24N4O2. The molecule has 148 valence electrons. The summed E-state index contributed by atoms with van der Waals surface area (Å²) in [6.07, 6.45) is 2.91. The van der Waals surface area contributed by atoms with Crippen molar-refractivity contribution in [2.75, 3.05) is 18.4 Å². The van der Waals surface area contributed by atoms with Gasteiger partial charge < -0.3 is 10.6 Å². The maximum atomic E-state index is 12.3. The lowest BCUT2D eigenvalue weighted by Gasteiger charge is -2.33. The van der Waals surface area contributed by atoms with E-state index in [1.807, 2.05) is 42.5 Å². The number of nitriles is 1. The van der Waals surface area contributed by atoms with Gasteiger partial charge >= 0.3 is 0 Å². The van der Waals surface area contributed by atoms with Crippen molar-refractivity contribution in [3.8, 4) is 6.07 Å². The van der Waals surface area contributed by atoms with Crippen LogP contribution < -0.4 is 10.6 Å². The van der Waals surface area contributed by atoms with Gasteiger partial charge in [0, 0.05) is 37.7 Å². The Morgan fingerprint density at radius 2 is 1.90 bits per heavy atom. The Morgan fingerprint density at radius 3 is 2.62 bits per heavy atom. The summed E-state index contributed by atoms with van der Waals surface area (Å²) >= 11 is 0. The van der Waals surface area contributed by atoms with E-state index < -0.39 is 0 Å². The second kappa shape index (κ2) is 8.46. The molecule has 1 saturated heterocycles. The summed E-state index contributed by atoms with van der Waals surface area (Å²) < 4.78 is 0. The maximum absolute atomic E-state index is 12.3. The molecule has 29 heavy (non-hydrogen) atoms. The zero-order chi connectivity index (χ0) is 20.2. The number of nitrogens with zero attached hydrogens (tertiary/aromatic N) is 2. The minimum Gasteiger partial charge on any atom is -0.349 e. The average Bonchev–Trinajstić information content (AvgIpc) is 2.75. The number of likely N-dealkylation sites (tertiary alicyclic amines) is 1. The van der Waals surface area contributed by atoms with Crippen LogP contribution in [0.2, 0.25) is 0 Å². The highest BCUT2D eigenvalue weighted by Crippen LogP contribution is 2.30. The number of piperidine rings is 1. The molecule has 0 bridgehead atoms. The predicted octanol–water partition coefficient (Wildman–Crippen LogP) is 2.84. The molecule has 1 fully saturated rings. The van der Waals surface area contributed by atoms with E-state index in [2.05, 4.69) is 21.6 Å². The molecule has 0 unspecified atom stereocenters. The normalized spacial score (nSPS) is 17.1. The Hall–Kier alpha value is -3.17. The van der Waals surface area contributed by atoms with Crippen molar-refractivity contribution in [2.45, 2.75) is 38.3 Å². The molecule has 0 atom stereocenters. The Labute approximate surface area is 170 Å². The standard InChI is InChI=1S/C23H24N4O2/c24-14-20-18(7-6-16-8-9-21(28)26-22(16)20)15-27-12-10-19(11-13-27)25-23(29)17-4-2-1-3-5-17/h1-7,19H,8-13,15H2,(H,25,29)(H,26,28). The minimum atomic E-state index is -0.0267. The summed E-state index contributed by atoms with van der Waals surface area (Å²) in [6, 6.07) is 15.8. The zero-order valence-electron chi connectivity index (χ0n) is 16.3. The first-order chi connectivity index (χ1) is 14.1. The van der Waals surface area contributed by atoms with Crippen LogP contribution in [0.4, 0.5) is 5.69 Å². The molecule has 2 aliphatic rings. The molecule has 2 aromatic rings. The van der Waals surface area contributed by atoms with Crippen LogP contribution >= 0.6 is 0 Å². The number of nitrogens with one attached hydrogen (secondary N) is 2. The lowest BCUT2D eigenvalue weighted by Crippen LogP contribution is -2.44. The number of benzene rings is 2. The van der Waals surface area contributed by atoms with Gasteiger partial charge in [0.15, 0.2) is 0 Å². The summed E-state index contributed by atoms with van der Waals surface area (Å²) in [5.41, 5.74) is 3.93. The smallest absolute Gasteiger partial charge is 0.251 e. The van der Waals surface area contributed by atoms with Crippen molar-refractivity contribution in [1.29, 1.82) is 5.26 Å². The van der Waals surface area contributed by atoms with E-state index in [9.17, 15) is 14.9 Å². The van der Waals surface area contributed by atoms with E-state index in [0.717, 1.165) is 37.1 Å². The number of hydrogen-bond donors (Lipinski definition) is 2. The van der Waals surface area contributed by atoms with Crippen molar-refractivity contribution in [2.24, 2.45) is 0 Å². The van der Waals surface area contributed by atoms with Gasteiger partial charge in [0.25, 0.3) is 5.91 Å². The minimum absolute atomic E-state index is 0.0266. The highest BCUT2D eigenvalue weighted by atomic mass is 16.2. The van der Waals surface area contributed by atoms with Gasteiger partial charge in [-0.25, -0.2) is 0 Å². The summed E-state index contributed by atoms with van der Waals surface area (Å²) in [6.45, 7) is 2.38. The molecular weight excluding hydrogens is 364 g/mol. The fourth-order valence-electron chi connectivity index (χ4n) is 4.08.